The molecule has 0 spiro atoms. The Morgan fingerprint density at radius 2 is 1.41 bits per heavy atom. The Morgan fingerprint density at radius 1 is 0.909 bits per heavy atom. The highest BCUT2D eigenvalue weighted by Crippen LogP contribution is 2.12. The lowest BCUT2D eigenvalue weighted by Gasteiger charge is -2.22. The fourth-order valence-corrected chi connectivity index (χ4v) is 1.89. The molecule has 0 radical (unpaired) electrons. The van der Waals surface area contributed by atoms with E-state index < -0.39 is 11.7 Å². The molecule has 0 aromatic heterocycles. The summed E-state index contributed by atoms with van der Waals surface area (Å²) in [5, 5.41) is 10.5. The lowest BCUT2D eigenvalue weighted by atomic mass is 9.99. The van der Waals surface area contributed by atoms with Crippen LogP contribution in [0, 0.1) is 23.7 Å². The van der Waals surface area contributed by atoms with E-state index in [1.165, 1.54) is 7.11 Å². The lowest BCUT2D eigenvalue weighted by Crippen LogP contribution is -2.38. The van der Waals surface area contributed by atoms with Gasteiger partial charge in [0.1, 0.15) is 0 Å². The maximum Gasteiger partial charge on any atom is 0.160 e. The molecular formula is C20H18O2. The number of ether oxygens (including phenoxy) is 1. The molecule has 1 N–H and O–H groups in total. The molecule has 0 saturated carbocycles. The van der Waals surface area contributed by atoms with Gasteiger partial charge in [0.2, 0.25) is 0 Å². The molecule has 0 amide bonds. The van der Waals surface area contributed by atoms with E-state index in [1.807, 2.05) is 60.7 Å². The molecule has 0 heterocycles. The summed E-state index contributed by atoms with van der Waals surface area (Å²) in [6, 6.07) is 19.1. The van der Waals surface area contributed by atoms with Crippen molar-refractivity contribution < 1.29 is 9.84 Å². The zero-order valence-corrected chi connectivity index (χ0v) is 12.7. The van der Waals surface area contributed by atoms with Crippen molar-refractivity contribution in [1.29, 1.82) is 0 Å². The Hall–Kier alpha value is -2.52. The van der Waals surface area contributed by atoms with E-state index in [0.29, 0.717) is 0 Å². The smallest absolute Gasteiger partial charge is 0.160 e. The van der Waals surface area contributed by atoms with Crippen LogP contribution >= 0.6 is 0 Å². The molecule has 2 heteroatoms. The standard InChI is InChI=1S/C20H18O2/c1-20(21,16-15-18-11-7-4-8-12-18)19(22-2)14-13-17-9-5-3-6-10-17/h3-12,19,21H,1-2H3/t19-,20-/m0/s1. The van der Waals surface area contributed by atoms with Crippen LogP contribution in [-0.4, -0.2) is 23.9 Å². The third kappa shape index (κ3) is 4.50. The highest BCUT2D eigenvalue weighted by Gasteiger charge is 2.28. The summed E-state index contributed by atoms with van der Waals surface area (Å²) in [4.78, 5) is 0. The summed E-state index contributed by atoms with van der Waals surface area (Å²) < 4.78 is 5.30. The minimum atomic E-state index is -1.35. The first-order chi connectivity index (χ1) is 10.6. The van der Waals surface area contributed by atoms with Gasteiger partial charge in [-0.15, -0.1) is 0 Å². The average Bonchev–Trinajstić information content (AvgIpc) is 2.55. The van der Waals surface area contributed by atoms with Crippen LogP contribution in [0.25, 0.3) is 0 Å². The first-order valence-electron chi connectivity index (χ1n) is 7.02. The van der Waals surface area contributed by atoms with Crippen molar-refractivity contribution in [3.63, 3.8) is 0 Å². The SMILES string of the molecule is CO[C@@H](C#Cc1ccccc1)[C@@](C)(O)C#Cc1ccccc1. The topological polar surface area (TPSA) is 29.5 Å². The zero-order valence-electron chi connectivity index (χ0n) is 12.7. The number of benzene rings is 2. The number of hydrogen-bond donors (Lipinski definition) is 1. The van der Waals surface area contributed by atoms with Crippen LogP contribution in [0.4, 0.5) is 0 Å². The molecule has 0 unspecified atom stereocenters. The van der Waals surface area contributed by atoms with Gasteiger partial charge in [0.25, 0.3) is 0 Å². The molecule has 2 aromatic carbocycles. The maximum absolute atomic E-state index is 10.5. The van der Waals surface area contributed by atoms with E-state index in [9.17, 15) is 5.11 Å². The second-order valence-electron chi connectivity index (χ2n) is 5.01. The van der Waals surface area contributed by atoms with Crippen molar-refractivity contribution in [2.24, 2.45) is 0 Å². The van der Waals surface area contributed by atoms with Crippen LogP contribution in [0.2, 0.25) is 0 Å². The van der Waals surface area contributed by atoms with Crippen LogP contribution in [0.5, 0.6) is 0 Å². The minimum absolute atomic E-state index is 0.691. The van der Waals surface area contributed by atoms with E-state index in [1.54, 1.807) is 6.92 Å². The van der Waals surface area contributed by atoms with Gasteiger partial charge >= 0.3 is 0 Å². The van der Waals surface area contributed by atoms with E-state index in [-0.39, 0.29) is 0 Å². The number of aliphatic hydroxyl groups is 1. The molecule has 0 fully saturated rings. The molecule has 2 nitrogen and oxygen atoms in total. The second-order valence-corrected chi connectivity index (χ2v) is 5.01. The normalized spacial score (nSPS) is 13.8. The van der Waals surface area contributed by atoms with Crippen molar-refractivity contribution in [2.45, 2.75) is 18.6 Å². The molecule has 0 aliphatic heterocycles. The van der Waals surface area contributed by atoms with E-state index in [2.05, 4.69) is 23.7 Å². The summed E-state index contributed by atoms with van der Waals surface area (Å²) in [7, 11) is 1.52. The zero-order chi connectivity index (χ0) is 15.8. The second kappa shape index (κ2) is 7.48. The number of rotatable bonds is 2. The fraction of sp³-hybridized carbons (Fsp3) is 0.200. The Bertz CT molecular complexity index is 710. The van der Waals surface area contributed by atoms with Crippen LogP contribution < -0.4 is 0 Å². The van der Waals surface area contributed by atoms with E-state index in [0.717, 1.165) is 11.1 Å². The van der Waals surface area contributed by atoms with Gasteiger partial charge in [-0.1, -0.05) is 60.1 Å². The van der Waals surface area contributed by atoms with Crippen molar-refractivity contribution in [3.8, 4) is 23.7 Å². The third-order valence-corrected chi connectivity index (χ3v) is 3.10. The molecule has 110 valence electrons. The van der Waals surface area contributed by atoms with Gasteiger partial charge in [0, 0.05) is 18.2 Å². The van der Waals surface area contributed by atoms with Crippen LogP contribution in [-0.2, 0) is 4.74 Å². The van der Waals surface area contributed by atoms with Crippen molar-refractivity contribution in [3.05, 3.63) is 71.8 Å². The molecule has 0 aliphatic carbocycles. The fourth-order valence-electron chi connectivity index (χ4n) is 1.89. The van der Waals surface area contributed by atoms with E-state index >= 15 is 0 Å². The molecule has 22 heavy (non-hydrogen) atoms. The first kappa shape index (κ1) is 15.9. The lowest BCUT2D eigenvalue weighted by molar-refractivity contribution is -0.0123. The highest BCUT2D eigenvalue weighted by atomic mass is 16.5. The first-order valence-corrected chi connectivity index (χ1v) is 7.02. The summed E-state index contributed by atoms with van der Waals surface area (Å²) in [6.45, 7) is 1.61. The van der Waals surface area contributed by atoms with Crippen molar-refractivity contribution >= 4 is 0 Å². The molecule has 0 aliphatic rings. The Morgan fingerprint density at radius 3 is 1.91 bits per heavy atom. The van der Waals surface area contributed by atoms with Gasteiger partial charge in [0.15, 0.2) is 11.7 Å². The van der Waals surface area contributed by atoms with E-state index in [4.69, 9.17) is 4.74 Å². The third-order valence-electron chi connectivity index (χ3n) is 3.10. The van der Waals surface area contributed by atoms with Gasteiger partial charge in [-0.25, -0.2) is 0 Å². The largest absolute Gasteiger partial charge is 0.374 e. The molecular weight excluding hydrogens is 272 g/mol. The molecule has 0 bridgehead atoms. The van der Waals surface area contributed by atoms with Gasteiger partial charge in [-0.05, 0) is 31.2 Å². The average molecular weight is 290 g/mol. The quantitative estimate of drug-likeness (QED) is 0.862. The number of methoxy groups -OCH3 is 1. The van der Waals surface area contributed by atoms with Gasteiger partial charge in [-0.3, -0.25) is 0 Å². The number of hydrogen-bond acceptors (Lipinski definition) is 2. The molecule has 2 aromatic rings. The predicted molar refractivity (Wildman–Crippen MR) is 88.1 cm³/mol. The summed E-state index contributed by atoms with van der Waals surface area (Å²) in [5.41, 5.74) is 0.358. The molecule has 2 rings (SSSR count). The van der Waals surface area contributed by atoms with Gasteiger partial charge in [0.05, 0.1) is 0 Å². The van der Waals surface area contributed by atoms with Crippen LogP contribution in [0.3, 0.4) is 0 Å². The van der Waals surface area contributed by atoms with Gasteiger partial charge < -0.3 is 9.84 Å². The Labute approximate surface area is 131 Å². The summed E-state index contributed by atoms with van der Waals surface area (Å²) in [6.07, 6.45) is -0.691. The summed E-state index contributed by atoms with van der Waals surface area (Å²) in [5.74, 6) is 11.7. The Kier molecular flexibility index (Phi) is 5.39. The predicted octanol–water partition coefficient (Wildman–Crippen LogP) is 2.86. The molecule has 0 saturated heterocycles. The minimum Gasteiger partial charge on any atom is -0.374 e. The van der Waals surface area contributed by atoms with Crippen LogP contribution in [0.15, 0.2) is 60.7 Å². The maximum atomic E-state index is 10.5. The van der Waals surface area contributed by atoms with Gasteiger partial charge in [-0.2, -0.15) is 0 Å². The van der Waals surface area contributed by atoms with Crippen LogP contribution in [0.1, 0.15) is 18.1 Å². The molecule has 2 atom stereocenters. The van der Waals surface area contributed by atoms with Crippen molar-refractivity contribution in [1.82, 2.24) is 0 Å². The van der Waals surface area contributed by atoms with Crippen molar-refractivity contribution in [2.75, 3.05) is 7.11 Å². The summed E-state index contributed by atoms with van der Waals surface area (Å²) >= 11 is 0. The Balaban J connectivity index is 2.19. The highest BCUT2D eigenvalue weighted by molar-refractivity contribution is 5.39. The monoisotopic (exact) mass is 290 g/mol.